The molecule has 0 spiro atoms. The molecule has 0 aliphatic heterocycles. The average molecular weight is 277 g/mol. The van der Waals surface area contributed by atoms with E-state index in [1.807, 2.05) is 0 Å². The number of ether oxygens (including phenoxy) is 1. The van der Waals surface area contributed by atoms with Crippen LogP contribution in [-0.4, -0.2) is 28.3 Å². The molecule has 0 radical (unpaired) electrons. The van der Waals surface area contributed by atoms with Gasteiger partial charge in [0.2, 0.25) is 0 Å². The van der Waals surface area contributed by atoms with E-state index < -0.39 is 0 Å². The SMILES string of the molecule is CCOC(=O)CSc1ncncc1Br. The third-order valence-electron chi connectivity index (χ3n) is 1.27. The summed E-state index contributed by atoms with van der Waals surface area (Å²) >= 11 is 4.61. The monoisotopic (exact) mass is 276 g/mol. The molecule has 0 aromatic carbocycles. The summed E-state index contributed by atoms with van der Waals surface area (Å²) in [6.45, 7) is 2.19. The van der Waals surface area contributed by atoms with Gasteiger partial charge in [-0.3, -0.25) is 4.79 Å². The van der Waals surface area contributed by atoms with Crippen molar-refractivity contribution >= 4 is 33.7 Å². The van der Waals surface area contributed by atoms with Crippen LogP contribution in [-0.2, 0) is 9.53 Å². The maximum Gasteiger partial charge on any atom is 0.316 e. The molecule has 1 aromatic heterocycles. The van der Waals surface area contributed by atoms with E-state index in [0.717, 1.165) is 9.50 Å². The predicted octanol–water partition coefficient (Wildman–Crippen LogP) is 1.89. The van der Waals surface area contributed by atoms with Crippen LogP contribution in [0.25, 0.3) is 0 Å². The molecule has 0 aliphatic carbocycles. The maximum absolute atomic E-state index is 11.0. The first-order valence-electron chi connectivity index (χ1n) is 3.98. The van der Waals surface area contributed by atoms with Crippen molar-refractivity contribution in [1.29, 1.82) is 0 Å². The number of nitrogens with zero attached hydrogens (tertiary/aromatic N) is 2. The second kappa shape index (κ2) is 5.98. The Hall–Kier alpha value is -0.620. The first-order valence-corrected chi connectivity index (χ1v) is 5.75. The fraction of sp³-hybridized carbons (Fsp3) is 0.375. The van der Waals surface area contributed by atoms with Crippen molar-refractivity contribution in [3.05, 3.63) is 17.0 Å². The Morgan fingerprint density at radius 1 is 1.71 bits per heavy atom. The summed E-state index contributed by atoms with van der Waals surface area (Å²) in [7, 11) is 0. The number of esters is 1. The van der Waals surface area contributed by atoms with Crippen molar-refractivity contribution < 1.29 is 9.53 Å². The Morgan fingerprint density at radius 3 is 3.14 bits per heavy atom. The van der Waals surface area contributed by atoms with E-state index in [-0.39, 0.29) is 11.7 Å². The van der Waals surface area contributed by atoms with Crippen LogP contribution in [0.1, 0.15) is 6.92 Å². The zero-order valence-electron chi connectivity index (χ0n) is 7.57. The van der Waals surface area contributed by atoms with Crippen LogP contribution in [0.2, 0.25) is 0 Å². The summed E-state index contributed by atoms with van der Waals surface area (Å²) in [5.74, 6) is 0.0340. The molecule has 0 N–H and O–H groups in total. The van der Waals surface area contributed by atoms with Crippen LogP contribution in [0, 0.1) is 0 Å². The topological polar surface area (TPSA) is 52.1 Å². The third-order valence-corrected chi connectivity index (χ3v) is 3.09. The first kappa shape index (κ1) is 11.5. The Labute approximate surface area is 94.6 Å². The molecule has 6 heteroatoms. The Balaban J connectivity index is 2.46. The molecule has 0 unspecified atom stereocenters. The van der Waals surface area contributed by atoms with Gasteiger partial charge in [-0.05, 0) is 22.9 Å². The lowest BCUT2D eigenvalue weighted by atomic mass is 10.7. The van der Waals surface area contributed by atoms with Gasteiger partial charge in [-0.2, -0.15) is 0 Å². The predicted molar refractivity (Wildman–Crippen MR) is 57.1 cm³/mol. The van der Waals surface area contributed by atoms with Crippen LogP contribution in [0.15, 0.2) is 22.0 Å². The van der Waals surface area contributed by atoms with Gasteiger partial charge in [-0.15, -0.1) is 0 Å². The second-order valence-corrected chi connectivity index (χ2v) is 4.09. The lowest BCUT2D eigenvalue weighted by Gasteiger charge is -2.02. The van der Waals surface area contributed by atoms with Crippen LogP contribution in [0.3, 0.4) is 0 Å². The molecule has 1 heterocycles. The quantitative estimate of drug-likeness (QED) is 0.478. The van der Waals surface area contributed by atoms with E-state index in [1.54, 1.807) is 13.1 Å². The summed E-state index contributed by atoms with van der Waals surface area (Å²) in [5.41, 5.74) is 0. The highest BCUT2D eigenvalue weighted by atomic mass is 79.9. The molecule has 76 valence electrons. The van der Waals surface area contributed by atoms with E-state index >= 15 is 0 Å². The standard InChI is InChI=1S/C8H9BrN2O2S/c1-2-13-7(12)4-14-8-6(9)3-10-5-11-8/h3,5H,2,4H2,1H3. The van der Waals surface area contributed by atoms with Gasteiger partial charge in [0.15, 0.2) is 0 Å². The molecule has 4 nitrogen and oxygen atoms in total. The number of hydrogen-bond donors (Lipinski definition) is 0. The molecule has 1 rings (SSSR count). The van der Waals surface area contributed by atoms with E-state index in [0.29, 0.717) is 6.61 Å². The number of aromatic nitrogens is 2. The second-order valence-electron chi connectivity index (χ2n) is 2.27. The fourth-order valence-electron chi connectivity index (χ4n) is 0.738. The minimum absolute atomic E-state index is 0.233. The van der Waals surface area contributed by atoms with Gasteiger partial charge >= 0.3 is 5.97 Å². The lowest BCUT2D eigenvalue weighted by molar-refractivity contribution is -0.139. The zero-order chi connectivity index (χ0) is 10.4. The summed E-state index contributed by atoms with van der Waals surface area (Å²) in [6, 6.07) is 0. The van der Waals surface area contributed by atoms with Crippen molar-refractivity contribution in [2.45, 2.75) is 11.9 Å². The van der Waals surface area contributed by atoms with Crippen molar-refractivity contribution in [3.63, 3.8) is 0 Å². The Morgan fingerprint density at radius 2 is 2.50 bits per heavy atom. The lowest BCUT2D eigenvalue weighted by Crippen LogP contribution is -2.06. The van der Waals surface area contributed by atoms with Crippen molar-refractivity contribution in [2.75, 3.05) is 12.4 Å². The van der Waals surface area contributed by atoms with Gasteiger partial charge in [0.25, 0.3) is 0 Å². The summed E-state index contributed by atoms with van der Waals surface area (Å²) in [6.07, 6.45) is 3.08. The number of carbonyl (C=O) groups excluding carboxylic acids is 1. The van der Waals surface area contributed by atoms with Crippen LogP contribution in [0.5, 0.6) is 0 Å². The minimum atomic E-state index is -0.233. The zero-order valence-corrected chi connectivity index (χ0v) is 9.97. The summed E-state index contributed by atoms with van der Waals surface area (Å²) in [5, 5.41) is 0.744. The number of thioether (sulfide) groups is 1. The molecular formula is C8H9BrN2O2S. The molecule has 14 heavy (non-hydrogen) atoms. The van der Waals surface area contributed by atoms with Gasteiger partial charge < -0.3 is 4.74 Å². The molecule has 0 bridgehead atoms. The molecule has 0 saturated heterocycles. The normalized spacial score (nSPS) is 9.86. The largest absolute Gasteiger partial charge is 0.465 e. The van der Waals surface area contributed by atoms with Crippen molar-refractivity contribution in [1.82, 2.24) is 9.97 Å². The molecule has 0 aliphatic rings. The molecule has 1 aromatic rings. The van der Waals surface area contributed by atoms with Gasteiger partial charge in [-0.25, -0.2) is 9.97 Å². The number of rotatable bonds is 4. The number of carbonyl (C=O) groups is 1. The van der Waals surface area contributed by atoms with Crippen LogP contribution >= 0.6 is 27.7 Å². The summed E-state index contributed by atoms with van der Waals surface area (Å²) < 4.78 is 5.57. The molecule has 0 atom stereocenters. The van der Waals surface area contributed by atoms with Crippen molar-refractivity contribution in [3.8, 4) is 0 Å². The minimum Gasteiger partial charge on any atom is -0.465 e. The van der Waals surface area contributed by atoms with E-state index in [1.165, 1.54) is 18.1 Å². The van der Waals surface area contributed by atoms with E-state index in [4.69, 9.17) is 4.74 Å². The highest BCUT2D eigenvalue weighted by Gasteiger charge is 2.06. The number of hydrogen-bond acceptors (Lipinski definition) is 5. The van der Waals surface area contributed by atoms with E-state index in [2.05, 4.69) is 25.9 Å². The molecule has 0 amide bonds. The molecular weight excluding hydrogens is 268 g/mol. The highest BCUT2D eigenvalue weighted by Crippen LogP contribution is 2.23. The molecule has 0 saturated carbocycles. The van der Waals surface area contributed by atoms with Gasteiger partial charge in [0.05, 0.1) is 16.8 Å². The van der Waals surface area contributed by atoms with Crippen LogP contribution < -0.4 is 0 Å². The fourth-order valence-corrected chi connectivity index (χ4v) is 1.95. The average Bonchev–Trinajstić information content (AvgIpc) is 2.17. The Kier molecular flexibility index (Phi) is 4.89. The van der Waals surface area contributed by atoms with Gasteiger partial charge in [0.1, 0.15) is 11.4 Å². The Bertz CT molecular complexity index is 322. The van der Waals surface area contributed by atoms with Gasteiger partial charge in [-0.1, -0.05) is 11.8 Å². The smallest absolute Gasteiger partial charge is 0.316 e. The van der Waals surface area contributed by atoms with Crippen LogP contribution in [0.4, 0.5) is 0 Å². The third kappa shape index (κ3) is 3.63. The van der Waals surface area contributed by atoms with E-state index in [9.17, 15) is 4.79 Å². The highest BCUT2D eigenvalue weighted by molar-refractivity contribution is 9.10. The maximum atomic E-state index is 11.0. The number of halogens is 1. The first-order chi connectivity index (χ1) is 6.74. The van der Waals surface area contributed by atoms with Gasteiger partial charge in [0, 0.05) is 6.20 Å². The van der Waals surface area contributed by atoms with Crippen molar-refractivity contribution in [2.24, 2.45) is 0 Å². The molecule has 0 fully saturated rings. The summed E-state index contributed by atoms with van der Waals surface area (Å²) in [4.78, 5) is 18.9.